The zero-order valence-corrected chi connectivity index (χ0v) is 26.1. The average molecular weight is 605 g/mol. The summed E-state index contributed by atoms with van der Waals surface area (Å²) in [6.45, 7) is 9.56. The minimum Gasteiger partial charge on any atom is -0.496 e. The number of ether oxygens (including phenoxy) is 3. The number of furan rings is 1. The van der Waals surface area contributed by atoms with Crippen molar-refractivity contribution in [1.29, 1.82) is 0 Å². The number of H-pyrrole nitrogens is 1. The van der Waals surface area contributed by atoms with Crippen LogP contribution in [0.3, 0.4) is 0 Å². The van der Waals surface area contributed by atoms with Gasteiger partial charge in [-0.25, -0.2) is 0 Å². The van der Waals surface area contributed by atoms with E-state index in [0.717, 1.165) is 73.8 Å². The molecule has 236 valence electrons. The molecule has 2 fully saturated rings. The van der Waals surface area contributed by atoms with Gasteiger partial charge in [-0.05, 0) is 50.3 Å². The molecule has 10 nitrogen and oxygen atoms in total. The molecule has 4 aromatic rings. The summed E-state index contributed by atoms with van der Waals surface area (Å²) in [5.74, 6) is 2.22. The van der Waals surface area contributed by atoms with Gasteiger partial charge in [0.2, 0.25) is 0 Å². The number of nitrogens with zero attached hydrogens (tertiary/aromatic N) is 2. The van der Waals surface area contributed by atoms with Crippen molar-refractivity contribution in [3.63, 3.8) is 0 Å². The van der Waals surface area contributed by atoms with Crippen LogP contribution in [0.2, 0.25) is 0 Å². The van der Waals surface area contributed by atoms with Crippen molar-refractivity contribution >= 4 is 27.8 Å². The first-order valence-electron chi connectivity index (χ1n) is 15.6. The Morgan fingerprint density at radius 1 is 1.11 bits per heavy atom. The van der Waals surface area contributed by atoms with E-state index in [0.29, 0.717) is 40.5 Å². The highest BCUT2D eigenvalue weighted by Gasteiger charge is 2.29. The van der Waals surface area contributed by atoms with E-state index < -0.39 is 0 Å². The van der Waals surface area contributed by atoms with E-state index in [9.17, 15) is 9.90 Å². The number of methoxy groups -OCH3 is 2. The van der Waals surface area contributed by atoms with Crippen LogP contribution in [-0.2, 0) is 6.61 Å². The summed E-state index contributed by atoms with van der Waals surface area (Å²) in [6.07, 6.45) is 4.21. The Labute approximate surface area is 258 Å². The van der Waals surface area contributed by atoms with Crippen LogP contribution < -0.4 is 19.5 Å². The molecule has 2 saturated heterocycles. The zero-order valence-electron chi connectivity index (χ0n) is 26.1. The van der Waals surface area contributed by atoms with Gasteiger partial charge in [0.15, 0.2) is 0 Å². The van der Waals surface area contributed by atoms with Gasteiger partial charge in [0.05, 0.1) is 32.0 Å². The van der Waals surface area contributed by atoms with Crippen LogP contribution in [0.5, 0.6) is 17.2 Å². The molecule has 0 radical (unpaired) electrons. The van der Waals surface area contributed by atoms with Gasteiger partial charge in [0, 0.05) is 73.4 Å². The lowest BCUT2D eigenvalue weighted by atomic mass is 9.95. The number of rotatable bonds is 10. The maximum atomic E-state index is 13.3. The summed E-state index contributed by atoms with van der Waals surface area (Å²) >= 11 is 0. The summed E-state index contributed by atoms with van der Waals surface area (Å²) in [6, 6.07) is 11.9. The second-order valence-corrected chi connectivity index (χ2v) is 12.4. The van der Waals surface area contributed by atoms with E-state index in [-0.39, 0.29) is 24.7 Å². The molecule has 2 aliphatic rings. The van der Waals surface area contributed by atoms with Crippen molar-refractivity contribution < 1.29 is 28.5 Å². The van der Waals surface area contributed by atoms with Crippen LogP contribution in [0.15, 0.2) is 47.1 Å². The van der Waals surface area contributed by atoms with Gasteiger partial charge in [-0.1, -0.05) is 13.0 Å². The van der Waals surface area contributed by atoms with Gasteiger partial charge in [0.25, 0.3) is 5.91 Å². The molecule has 0 saturated carbocycles. The minimum absolute atomic E-state index is 0.0978. The molecule has 4 heterocycles. The molecule has 2 aromatic carbocycles. The quantitative estimate of drug-likeness (QED) is 0.237. The highest BCUT2D eigenvalue weighted by atomic mass is 16.5. The topological polar surface area (TPSA) is 112 Å². The lowest BCUT2D eigenvalue weighted by molar-refractivity contribution is 0.0115. The first-order valence-corrected chi connectivity index (χ1v) is 15.6. The molecule has 3 atom stereocenters. The molecule has 0 bridgehead atoms. The molecule has 6 rings (SSSR count). The third-order valence-corrected chi connectivity index (χ3v) is 9.36. The maximum absolute atomic E-state index is 13.3. The van der Waals surface area contributed by atoms with Crippen LogP contribution in [0, 0.1) is 5.92 Å². The molecule has 0 unspecified atom stereocenters. The molecule has 10 heteroatoms. The van der Waals surface area contributed by atoms with Crippen molar-refractivity contribution in [1.82, 2.24) is 20.1 Å². The molecular weight excluding hydrogens is 560 g/mol. The summed E-state index contributed by atoms with van der Waals surface area (Å²) in [4.78, 5) is 21.6. The predicted molar refractivity (Wildman–Crippen MR) is 170 cm³/mol. The highest BCUT2D eigenvalue weighted by molar-refractivity contribution is 5.99. The number of carbonyl (C=O) groups excluding carboxylic acids is 1. The summed E-state index contributed by atoms with van der Waals surface area (Å²) in [7, 11) is 3.22. The minimum atomic E-state index is -0.174. The van der Waals surface area contributed by atoms with Crippen LogP contribution in [0.25, 0.3) is 21.9 Å². The molecule has 2 aromatic heterocycles. The fraction of sp³-hybridized carbons (Fsp3) is 0.500. The first kappa shape index (κ1) is 30.3. The highest BCUT2D eigenvalue weighted by Crippen LogP contribution is 2.36. The number of benzene rings is 2. The third kappa shape index (κ3) is 6.38. The maximum Gasteiger partial charge on any atom is 0.267 e. The SMILES string of the molecule is COc1cc(OC)c2c(COc3cccc4[nH]c(C(=O)NC5CCN(C[C@H](C)N6CC[C@H](O)[C@@H](C)C6)CC5)cc34)coc2c1. The van der Waals surface area contributed by atoms with Crippen LogP contribution in [0.1, 0.15) is 49.2 Å². The van der Waals surface area contributed by atoms with Crippen molar-refractivity contribution in [3.8, 4) is 17.2 Å². The lowest BCUT2D eigenvalue weighted by Gasteiger charge is -2.41. The summed E-state index contributed by atoms with van der Waals surface area (Å²) in [5, 5.41) is 15.0. The number of aromatic amines is 1. The Kier molecular flexibility index (Phi) is 9.02. The second kappa shape index (κ2) is 13.1. The number of aliphatic hydroxyl groups excluding tert-OH is 1. The molecule has 44 heavy (non-hydrogen) atoms. The van der Waals surface area contributed by atoms with E-state index in [2.05, 4.69) is 33.9 Å². The number of nitrogens with one attached hydrogen (secondary N) is 2. The van der Waals surface area contributed by atoms with Gasteiger partial charge < -0.3 is 38.9 Å². The smallest absolute Gasteiger partial charge is 0.267 e. The van der Waals surface area contributed by atoms with Crippen LogP contribution in [-0.4, -0.2) is 90.9 Å². The molecule has 2 aliphatic heterocycles. The van der Waals surface area contributed by atoms with E-state index in [1.54, 1.807) is 20.5 Å². The Morgan fingerprint density at radius 2 is 1.93 bits per heavy atom. The molecule has 0 spiro atoms. The number of carbonyl (C=O) groups is 1. The van der Waals surface area contributed by atoms with Crippen molar-refractivity contribution in [2.75, 3.05) is 46.9 Å². The fourth-order valence-corrected chi connectivity index (χ4v) is 6.66. The van der Waals surface area contributed by atoms with Crippen molar-refractivity contribution in [2.24, 2.45) is 5.92 Å². The van der Waals surface area contributed by atoms with E-state index in [1.807, 2.05) is 36.4 Å². The number of likely N-dealkylation sites (tertiary alicyclic amines) is 2. The van der Waals surface area contributed by atoms with Crippen molar-refractivity contribution in [3.05, 3.63) is 53.9 Å². The van der Waals surface area contributed by atoms with Crippen molar-refractivity contribution in [2.45, 2.75) is 57.9 Å². The summed E-state index contributed by atoms with van der Waals surface area (Å²) < 4.78 is 22.9. The Morgan fingerprint density at radius 3 is 2.68 bits per heavy atom. The third-order valence-electron chi connectivity index (χ3n) is 9.36. The fourth-order valence-electron chi connectivity index (χ4n) is 6.66. The first-order chi connectivity index (χ1) is 21.3. The van der Waals surface area contributed by atoms with Gasteiger partial charge in [-0.2, -0.15) is 0 Å². The predicted octanol–water partition coefficient (Wildman–Crippen LogP) is 4.80. The standard InChI is InChI=1S/C34H44N4O6/c1-21-17-38(13-10-29(21)39)22(2)18-37-11-8-24(9-12-37)35-34(40)28-16-26-27(36-28)6-5-7-30(26)43-19-23-20-44-32-15-25(41-3)14-31(42-4)33(23)32/h5-7,14-16,20-22,24,29,36,39H,8-13,17-19H2,1-4H3,(H,35,40)/t21-,22-,29-/m0/s1. The van der Waals surface area contributed by atoms with Gasteiger partial charge in [-0.15, -0.1) is 0 Å². The number of aliphatic hydroxyl groups is 1. The number of hydrogen-bond donors (Lipinski definition) is 3. The number of piperidine rings is 2. The number of fused-ring (bicyclic) bond motifs is 2. The van der Waals surface area contributed by atoms with E-state index in [1.165, 1.54) is 0 Å². The average Bonchev–Trinajstić information content (AvgIpc) is 3.66. The van der Waals surface area contributed by atoms with Gasteiger partial charge in [-0.3, -0.25) is 9.69 Å². The monoisotopic (exact) mass is 604 g/mol. The molecule has 1 amide bonds. The second-order valence-electron chi connectivity index (χ2n) is 12.4. The Balaban J connectivity index is 1.05. The Bertz CT molecular complexity index is 1590. The number of hydrogen-bond acceptors (Lipinski definition) is 8. The molecule has 3 N–H and O–H groups in total. The normalized spacial score (nSPS) is 21.0. The zero-order chi connectivity index (χ0) is 30.8. The van der Waals surface area contributed by atoms with Crippen LogP contribution in [0.4, 0.5) is 0 Å². The molecule has 0 aliphatic carbocycles. The van der Waals surface area contributed by atoms with Gasteiger partial charge >= 0.3 is 0 Å². The van der Waals surface area contributed by atoms with E-state index in [4.69, 9.17) is 18.6 Å². The number of amides is 1. The van der Waals surface area contributed by atoms with E-state index >= 15 is 0 Å². The Hall–Kier alpha value is -3.73. The number of aromatic nitrogens is 1. The summed E-state index contributed by atoms with van der Waals surface area (Å²) in [5.41, 5.74) is 2.89. The lowest BCUT2D eigenvalue weighted by Crippen LogP contribution is -2.52. The van der Waals surface area contributed by atoms with Crippen LogP contribution >= 0.6 is 0 Å². The molecular formula is C34H44N4O6. The largest absolute Gasteiger partial charge is 0.496 e. The van der Waals surface area contributed by atoms with Gasteiger partial charge in [0.1, 0.15) is 35.1 Å².